The lowest BCUT2D eigenvalue weighted by Gasteiger charge is -2.36. The van der Waals surface area contributed by atoms with Gasteiger partial charge in [0.25, 0.3) is 0 Å². The fourth-order valence-corrected chi connectivity index (χ4v) is 2.33. The highest BCUT2D eigenvalue weighted by atomic mass is 16.5. The van der Waals surface area contributed by atoms with Crippen LogP contribution >= 0.6 is 0 Å². The number of nitrogens with one attached hydrogen (secondary N) is 2. The summed E-state index contributed by atoms with van der Waals surface area (Å²) in [5.41, 5.74) is 2.99. The fraction of sp³-hybridized carbons (Fsp3) is 0.533. The molecule has 4 heteroatoms. The molecule has 0 heterocycles. The molecule has 104 valence electrons. The molecule has 0 bridgehead atoms. The smallest absolute Gasteiger partial charge is 0.221 e. The van der Waals surface area contributed by atoms with Gasteiger partial charge in [0.1, 0.15) is 0 Å². The van der Waals surface area contributed by atoms with Crippen LogP contribution < -0.4 is 10.6 Å². The number of anilines is 2. The van der Waals surface area contributed by atoms with Gasteiger partial charge in [0, 0.05) is 30.9 Å². The van der Waals surface area contributed by atoms with Crippen molar-refractivity contribution in [3.63, 3.8) is 0 Å². The third-order valence-electron chi connectivity index (χ3n) is 3.42. The van der Waals surface area contributed by atoms with Crippen LogP contribution in [0.1, 0.15) is 32.3 Å². The lowest BCUT2D eigenvalue weighted by atomic mass is 9.89. The normalized spacial score (nSPS) is 21.6. The quantitative estimate of drug-likeness (QED) is 0.857. The number of carbonyl (C=O) groups excluding carboxylic acids is 1. The van der Waals surface area contributed by atoms with Gasteiger partial charge >= 0.3 is 0 Å². The summed E-state index contributed by atoms with van der Waals surface area (Å²) < 4.78 is 5.54. The molecule has 1 fully saturated rings. The lowest BCUT2D eigenvalue weighted by molar-refractivity contribution is -0.114. The maximum absolute atomic E-state index is 11.1. The van der Waals surface area contributed by atoms with Crippen LogP contribution in [0.15, 0.2) is 18.2 Å². The van der Waals surface area contributed by atoms with Crippen LogP contribution in [0.4, 0.5) is 11.4 Å². The Bertz CT molecular complexity index is 453. The molecule has 0 spiro atoms. The third kappa shape index (κ3) is 3.70. The molecule has 1 aromatic carbocycles. The van der Waals surface area contributed by atoms with Crippen LogP contribution in [0.2, 0.25) is 0 Å². The Hall–Kier alpha value is -1.55. The van der Waals surface area contributed by atoms with Crippen LogP contribution in [-0.2, 0) is 9.53 Å². The van der Waals surface area contributed by atoms with Crippen molar-refractivity contribution in [3.05, 3.63) is 23.8 Å². The first-order valence-corrected chi connectivity index (χ1v) is 6.85. The zero-order valence-electron chi connectivity index (χ0n) is 11.8. The topological polar surface area (TPSA) is 50.4 Å². The van der Waals surface area contributed by atoms with Crippen LogP contribution in [0.5, 0.6) is 0 Å². The van der Waals surface area contributed by atoms with E-state index >= 15 is 0 Å². The Balaban J connectivity index is 1.93. The van der Waals surface area contributed by atoms with E-state index in [1.165, 1.54) is 6.92 Å². The van der Waals surface area contributed by atoms with Gasteiger partial charge in [-0.3, -0.25) is 4.79 Å². The molecule has 0 unspecified atom stereocenters. The molecule has 1 aliphatic carbocycles. The third-order valence-corrected chi connectivity index (χ3v) is 3.42. The molecule has 2 rings (SSSR count). The van der Waals surface area contributed by atoms with E-state index in [0.29, 0.717) is 12.1 Å². The van der Waals surface area contributed by atoms with Gasteiger partial charge in [-0.05, 0) is 44.4 Å². The van der Waals surface area contributed by atoms with Crippen LogP contribution in [0.25, 0.3) is 0 Å². The van der Waals surface area contributed by atoms with Gasteiger partial charge in [0.15, 0.2) is 0 Å². The minimum absolute atomic E-state index is 0.0414. The average molecular weight is 262 g/mol. The molecule has 0 aliphatic heterocycles. The SMILES string of the molecule is CCOC1CC(Nc2ccc(C)c(NC(C)=O)c2)C1. The Labute approximate surface area is 114 Å². The van der Waals surface area contributed by atoms with Gasteiger partial charge in [-0.1, -0.05) is 6.07 Å². The number of amides is 1. The summed E-state index contributed by atoms with van der Waals surface area (Å²) in [5, 5.41) is 6.32. The maximum atomic E-state index is 11.1. The summed E-state index contributed by atoms with van der Waals surface area (Å²) >= 11 is 0. The number of benzene rings is 1. The lowest BCUT2D eigenvalue weighted by Crippen LogP contribution is -2.40. The van der Waals surface area contributed by atoms with Gasteiger partial charge in [-0.25, -0.2) is 0 Å². The molecule has 0 aromatic heterocycles. The largest absolute Gasteiger partial charge is 0.382 e. The van der Waals surface area contributed by atoms with Crippen molar-refractivity contribution in [2.45, 2.75) is 45.8 Å². The van der Waals surface area contributed by atoms with E-state index in [0.717, 1.165) is 36.4 Å². The monoisotopic (exact) mass is 262 g/mol. The van der Waals surface area contributed by atoms with E-state index in [-0.39, 0.29) is 5.91 Å². The van der Waals surface area contributed by atoms with E-state index in [2.05, 4.69) is 16.7 Å². The summed E-state index contributed by atoms with van der Waals surface area (Å²) in [6, 6.07) is 6.54. The molecule has 4 nitrogen and oxygen atoms in total. The zero-order chi connectivity index (χ0) is 13.8. The number of hydrogen-bond donors (Lipinski definition) is 2. The highest BCUT2D eigenvalue weighted by molar-refractivity contribution is 5.90. The molecular formula is C15H22N2O2. The maximum Gasteiger partial charge on any atom is 0.221 e. The van der Waals surface area contributed by atoms with Gasteiger partial charge in [-0.2, -0.15) is 0 Å². The van der Waals surface area contributed by atoms with Crippen molar-refractivity contribution in [2.24, 2.45) is 0 Å². The Kier molecular flexibility index (Phi) is 4.43. The van der Waals surface area contributed by atoms with Gasteiger partial charge in [-0.15, -0.1) is 0 Å². The predicted molar refractivity (Wildman–Crippen MR) is 77.5 cm³/mol. The Morgan fingerprint density at radius 3 is 2.79 bits per heavy atom. The average Bonchev–Trinajstić information content (AvgIpc) is 2.30. The van der Waals surface area contributed by atoms with Crippen molar-refractivity contribution >= 4 is 17.3 Å². The van der Waals surface area contributed by atoms with E-state index in [1.54, 1.807) is 0 Å². The standard InChI is InChI=1S/C15H22N2O2/c1-4-19-14-7-13(8-14)17-12-6-5-10(2)15(9-12)16-11(3)18/h5-6,9,13-14,17H,4,7-8H2,1-3H3,(H,16,18). The summed E-state index contributed by atoms with van der Waals surface area (Å²) in [4.78, 5) is 11.1. The summed E-state index contributed by atoms with van der Waals surface area (Å²) in [7, 11) is 0. The molecule has 1 aliphatic rings. The van der Waals surface area contributed by atoms with E-state index in [1.807, 2.05) is 26.0 Å². The summed E-state index contributed by atoms with van der Waals surface area (Å²) in [6.07, 6.45) is 2.51. The van der Waals surface area contributed by atoms with Crippen molar-refractivity contribution in [2.75, 3.05) is 17.2 Å². The van der Waals surface area contributed by atoms with E-state index < -0.39 is 0 Å². The van der Waals surface area contributed by atoms with Gasteiger partial charge < -0.3 is 15.4 Å². The van der Waals surface area contributed by atoms with Crippen molar-refractivity contribution in [1.82, 2.24) is 0 Å². The number of hydrogen-bond acceptors (Lipinski definition) is 3. The number of aryl methyl sites for hydroxylation is 1. The minimum Gasteiger partial charge on any atom is -0.382 e. The van der Waals surface area contributed by atoms with Gasteiger partial charge in [0.2, 0.25) is 5.91 Å². The first-order chi connectivity index (χ1) is 9.08. The van der Waals surface area contributed by atoms with Crippen molar-refractivity contribution < 1.29 is 9.53 Å². The zero-order valence-corrected chi connectivity index (χ0v) is 11.8. The van der Waals surface area contributed by atoms with Gasteiger partial charge in [0.05, 0.1) is 6.10 Å². The summed E-state index contributed by atoms with van der Waals surface area (Å²) in [5.74, 6) is -0.0414. The van der Waals surface area contributed by atoms with Crippen molar-refractivity contribution in [1.29, 1.82) is 0 Å². The molecule has 19 heavy (non-hydrogen) atoms. The predicted octanol–water partition coefficient (Wildman–Crippen LogP) is 2.93. The fourth-order valence-electron chi connectivity index (χ4n) is 2.33. The molecule has 1 saturated carbocycles. The second-order valence-corrected chi connectivity index (χ2v) is 5.10. The Morgan fingerprint density at radius 1 is 1.42 bits per heavy atom. The highest BCUT2D eigenvalue weighted by Gasteiger charge is 2.29. The first kappa shape index (κ1) is 13.9. The molecule has 1 aromatic rings. The van der Waals surface area contributed by atoms with Crippen LogP contribution in [0, 0.1) is 6.92 Å². The van der Waals surface area contributed by atoms with E-state index in [4.69, 9.17) is 4.74 Å². The van der Waals surface area contributed by atoms with Crippen molar-refractivity contribution in [3.8, 4) is 0 Å². The molecule has 0 radical (unpaired) electrons. The van der Waals surface area contributed by atoms with Crippen LogP contribution in [-0.4, -0.2) is 24.7 Å². The number of ether oxygens (including phenoxy) is 1. The van der Waals surface area contributed by atoms with Crippen LogP contribution in [0.3, 0.4) is 0 Å². The summed E-state index contributed by atoms with van der Waals surface area (Å²) in [6.45, 7) is 6.33. The number of carbonyl (C=O) groups is 1. The molecule has 0 saturated heterocycles. The molecule has 0 atom stereocenters. The molecule has 1 amide bonds. The number of rotatable bonds is 5. The molecular weight excluding hydrogens is 240 g/mol. The highest BCUT2D eigenvalue weighted by Crippen LogP contribution is 2.28. The minimum atomic E-state index is -0.0414. The second-order valence-electron chi connectivity index (χ2n) is 5.10. The first-order valence-electron chi connectivity index (χ1n) is 6.85. The second kappa shape index (κ2) is 6.06. The van der Waals surface area contributed by atoms with E-state index in [9.17, 15) is 4.79 Å². The Morgan fingerprint density at radius 2 is 2.16 bits per heavy atom. The molecule has 2 N–H and O–H groups in total.